The second-order valence-corrected chi connectivity index (χ2v) is 8.16. The molecule has 0 aliphatic carbocycles. The molecule has 4 heterocycles. The third kappa shape index (κ3) is 3.65. The number of carbonyl (C=O) groups is 1. The van der Waals surface area contributed by atoms with Gasteiger partial charge in [0.2, 0.25) is 0 Å². The Morgan fingerprint density at radius 1 is 1.06 bits per heavy atom. The molecule has 0 fully saturated rings. The number of amides is 1. The number of aryl methyl sites for hydroxylation is 2. The summed E-state index contributed by atoms with van der Waals surface area (Å²) in [6.45, 7) is 4.10. The maximum Gasteiger partial charge on any atom is 0.267 e. The monoisotopic (exact) mass is 450 g/mol. The molecule has 5 rings (SSSR count). The van der Waals surface area contributed by atoms with Gasteiger partial charge in [0.15, 0.2) is 5.65 Å². The lowest BCUT2D eigenvalue weighted by molar-refractivity contribution is 0.0948. The average molecular weight is 451 g/mol. The lowest BCUT2D eigenvalue weighted by atomic mass is 10.1. The van der Waals surface area contributed by atoms with Gasteiger partial charge in [0, 0.05) is 30.8 Å². The van der Waals surface area contributed by atoms with Gasteiger partial charge in [0.25, 0.3) is 11.5 Å². The first-order valence-corrected chi connectivity index (χ1v) is 10.8. The van der Waals surface area contributed by atoms with Crippen molar-refractivity contribution in [2.75, 3.05) is 0 Å². The highest BCUT2D eigenvalue weighted by Crippen LogP contribution is 2.17. The number of fused-ring (bicyclic) bond motifs is 2. The summed E-state index contributed by atoms with van der Waals surface area (Å²) in [5.41, 5.74) is 3.94. The van der Waals surface area contributed by atoms with Crippen LogP contribution in [0.1, 0.15) is 27.0 Å². The standard InChI is InChI=1S/C26H22N6O2/c1-16-7-9-19(10-8-16)32-22(27)20(25(33)29-15-18-6-3-11-28-14-18)13-21-24(32)30-23-17(2)5-4-12-31(23)26(21)34/h3-14,27H,15H2,1-2H3,(H,29,33). The molecular formula is C26H22N6O2. The number of pyridine rings is 3. The Morgan fingerprint density at radius 3 is 2.59 bits per heavy atom. The highest BCUT2D eigenvalue weighted by Gasteiger charge is 2.19. The number of hydrogen-bond acceptors (Lipinski definition) is 5. The molecule has 0 saturated heterocycles. The highest BCUT2D eigenvalue weighted by molar-refractivity contribution is 5.97. The summed E-state index contributed by atoms with van der Waals surface area (Å²) < 4.78 is 3.03. The fourth-order valence-electron chi connectivity index (χ4n) is 3.93. The summed E-state index contributed by atoms with van der Waals surface area (Å²) in [5, 5.41) is 12.0. The van der Waals surface area contributed by atoms with Crippen molar-refractivity contribution in [3.8, 4) is 5.69 Å². The van der Waals surface area contributed by atoms with Gasteiger partial charge in [0.1, 0.15) is 11.1 Å². The van der Waals surface area contributed by atoms with Crippen LogP contribution in [0.25, 0.3) is 22.4 Å². The zero-order valence-corrected chi connectivity index (χ0v) is 18.7. The minimum atomic E-state index is -0.453. The van der Waals surface area contributed by atoms with Crippen LogP contribution in [0.4, 0.5) is 0 Å². The van der Waals surface area contributed by atoms with E-state index in [9.17, 15) is 9.59 Å². The normalized spacial score (nSPS) is 11.1. The van der Waals surface area contributed by atoms with Crippen LogP contribution in [-0.2, 0) is 6.54 Å². The first kappa shape index (κ1) is 21.3. The number of rotatable bonds is 4. The number of nitrogens with one attached hydrogen (secondary N) is 2. The first-order chi connectivity index (χ1) is 16.4. The Labute approximate surface area is 194 Å². The molecule has 0 saturated carbocycles. The van der Waals surface area contributed by atoms with Crippen LogP contribution in [0.3, 0.4) is 0 Å². The summed E-state index contributed by atoms with van der Waals surface area (Å²) in [6.07, 6.45) is 4.98. The zero-order valence-electron chi connectivity index (χ0n) is 18.7. The number of aromatic nitrogens is 4. The van der Waals surface area contributed by atoms with E-state index >= 15 is 0 Å². The van der Waals surface area contributed by atoms with Crippen LogP contribution in [0.2, 0.25) is 0 Å². The summed E-state index contributed by atoms with van der Waals surface area (Å²) >= 11 is 0. The van der Waals surface area contributed by atoms with Gasteiger partial charge in [-0.25, -0.2) is 4.98 Å². The van der Waals surface area contributed by atoms with Crippen LogP contribution in [0.15, 0.2) is 78.0 Å². The van der Waals surface area contributed by atoms with Gasteiger partial charge >= 0.3 is 0 Å². The van der Waals surface area contributed by atoms with Crippen molar-refractivity contribution in [2.45, 2.75) is 20.4 Å². The van der Waals surface area contributed by atoms with Crippen molar-refractivity contribution in [3.63, 3.8) is 0 Å². The van der Waals surface area contributed by atoms with E-state index in [0.29, 0.717) is 17.0 Å². The summed E-state index contributed by atoms with van der Waals surface area (Å²) in [6, 6.07) is 16.3. The molecule has 8 nitrogen and oxygen atoms in total. The largest absolute Gasteiger partial charge is 0.348 e. The van der Waals surface area contributed by atoms with Crippen molar-refractivity contribution in [2.24, 2.45) is 0 Å². The molecule has 0 unspecified atom stereocenters. The number of nitrogens with zero attached hydrogens (tertiary/aromatic N) is 4. The third-order valence-corrected chi connectivity index (χ3v) is 5.76. The predicted molar refractivity (Wildman–Crippen MR) is 129 cm³/mol. The van der Waals surface area contributed by atoms with E-state index in [1.165, 1.54) is 10.5 Å². The summed E-state index contributed by atoms with van der Waals surface area (Å²) in [7, 11) is 0. The molecule has 0 aliphatic rings. The van der Waals surface area contributed by atoms with Crippen molar-refractivity contribution in [1.29, 1.82) is 5.41 Å². The van der Waals surface area contributed by atoms with Crippen LogP contribution in [-0.4, -0.2) is 24.8 Å². The number of carbonyl (C=O) groups excluding carboxylic acids is 1. The van der Waals surface area contributed by atoms with E-state index in [0.717, 1.165) is 16.7 Å². The van der Waals surface area contributed by atoms with Crippen LogP contribution >= 0.6 is 0 Å². The van der Waals surface area contributed by atoms with E-state index in [1.807, 2.05) is 50.2 Å². The Balaban J connectivity index is 1.76. The molecule has 0 aliphatic heterocycles. The van der Waals surface area contributed by atoms with Crippen LogP contribution < -0.4 is 16.4 Å². The van der Waals surface area contributed by atoms with Crippen molar-refractivity contribution in [3.05, 3.63) is 111 Å². The van der Waals surface area contributed by atoms with Crippen molar-refractivity contribution < 1.29 is 4.79 Å². The topological polar surface area (TPSA) is 105 Å². The van der Waals surface area contributed by atoms with Gasteiger partial charge in [-0.3, -0.25) is 29.0 Å². The Morgan fingerprint density at radius 2 is 1.85 bits per heavy atom. The lowest BCUT2D eigenvalue weighted by Crippen LogP contribution is -2.34. The second kappa shape index (κ2) is 8.40. The minimum Gasteiger partial charge on any atom is -0.348 e. The summed E-state index contributed by atoms with van der Waals surface area (Å²) in [4.78, 5) is 35.4. The van der Waals surface area contributed by atoms with Gasteiger partial charge in [-0.1, -0.05) is 29.8 Å². The Bertz CT molecular complexity index is 1670. The predicted octanol–water partition coefficient (Wildman–Crippen LogP) is 3.06. The molecule has 34 heavy (non-hydrogen) atoms. The smallest absolute Gasteiger partial charge is 0.267 e. The molecule has 0 radical (unpaired) electrons. The molecule has 0 spiro atoms. The fourth-order valence-corrected chi connectivity index (χ4v) is 3.93. The van der Waals surface area contributed by atoms with Crippen LogP contribution in [0, 0.1) is 19.3 Å². The molecule has 0 bridgehead atoms. The number of benzene rings is 1. The second-order valence-electron chi connectivity index (χ2n) is 8.16. The van der Waals surface area contributed by atoms with Crippen LogP contribution in [0.5, 0.6) is 0 Å². The Hall–Kier alpha value is -4.59. The quantitative estimate of drug-likeness (QED) is 0.411. The molecular weight excluding hydrogens is 428 g/mol. The van der Waals surface area contributed by atoms with E-state index < -0.39 is 5.91 Å². The lowest BCUT2D eigenvalue weighted by Gasteiger charge is -2.15. The molecule has 2 N–H and O–H groups in total. The molecule has 1 aromatic carbocycles. The first-order valence-electron chi connectivity index (χ1n) is 10.8. The average Bonchev–Trinajstić information content (AvgIpc) is 2.85. The van der Waals surface area contributed by atoms with Gasteiger partial charge in [-0.15, -0.1) is 0 Å². The molecule has 168 valence electrons. The van der Waals surface area contributed by atoms with Crippen molar-refractivity contribution >= 4 is 22.6 Å². The van der Waals surface area contributed by atoms with E-state index in [2.05, 4.69) is 10.3 Å². The van der Waals surface area contributed by atoms with Gasteiger partial charge in [0.05, 0.1) is 10.9 Å². The molecule has 4 aromatic heterocycles. The zero-order chi connectivity index (χ0) is 23.8. The van der Waals surface area contributed by atoms with Gasteiger partial charge in [-0.2, -0.15) is 0 Å². The molecule has 0 atom stereocenters. The fraction of sp³-hybridized carbons (Fsp3) is 0.115. The van der Waals surface area contributed by atoms with E-state index in [1.54, 1.807) is 35.3 Å². The SMILES string of the molecule is Cc1ccc(-n2c(=N)c(C(=O)NCc3cccnc3)cc3c(=O)n4cccc(C)c4nc32)cc1. The summed E-state index contributed by atoms with van der Waals surface area (Å²) in [5.74, 6) is -0.453. The van der Waals surface area contributed by atoms with E-state index in [4.69, 9.17) is 10.4 Å². The molecule has 1 amide bonds. The third-order valence-electron chi connectivity index (χ3n) is 5.76. The van der Waals surface area contributed by atoms with Gasteiger partial charge in [-0.05, 0) is 55.3 Å². The molecule has 5 aromatic rings. The highest BCUT2D eigenvalue weighted by atomic mass is 16.1. The Kier molecular flexibility index (Phi) is 5.25. The van der Waals surface area contributed by atoms with Crippen molar-refractivity contribution in [1.82, 2.24) is 24.3 Å². The molecule has 8 heteroatoms. The minimum absolute atomic E-state index is 0.0510. The maximum atomic E-state index is 13.5. The maximum absolute atomic E-state index is 13.5. The van der Waals surface area contributed by atoms with Gasteiger partial charge < -0.3 is 5.32 Å². The van der Waals surface area contributed by atoms with E-state index in [-0.39, 0.29) is 28.5 Å². The number of hydrogen-bond donors (Lipinski definition) is 2.